The minimum absolute atomic E-state index is 0.542. The van der Waals surface area contributed by atoms with E-state index in [1.165, 1.54) is 11.1 Å². The van der Waals surface area contributed by atoms with Crippen LogP contribution in [0.5, 0.6) is 5.75 Å². The van der Waals surface area contributed by atoms with E-state index in [-0.39, 0.29) is 0 Å². The van der Waals surface area contributed by atoms with Crippen LogP contribution in [-0.2, 0) is 17.3 Å². The molecule has 32 heavy (non-hydrogen) atoms. The molecule has 0 spiro atoms. The van der Waals surface area contributed by atoms with Gasteiger partial charge in [-0.25, -0.2) is 0 Å². The van der Waals surface area contributed by atoms with E-state index in [1.54, 1.807) is 7.11 Å². The maximum atomic E-state index is 7.04. The molecule has 0 aliphatic heterocycles. The third-order valence-corrected chi connectivity index (χ3v) is 12.4. The normalized spacial score (nSPS) is 12.9. The van der Waals surface area contributed by atoms with Gasteiger partial charge in [-0.15, -0.1) is 0 Å². The lowest BCUT2D eigenvalue weighted by Crippen LogP contribution is -2.47. The lowest BCUT2D eigenvalue weighted by molar-refractivity contribution is 0.385. The first-order valence-corrected chi connectivity index (χ1v) is 14.2. The van der Waals surface area contributed by atoms with Crippen LogP contribution in [0.15, 0.2) is 78.6 Å². The highest BCUT2D eigenvalue weighted by Crippen LogP contribution is 2.43. The van der Waals surface area contributed by atoms with E-state index in [4.69, 9.17) is 9.16 Å². The maximum Gasteiger partial charge on any atom is 0.258 e. The highest BCUT2D eigenvalue weighted by atomic mass is 28.4. The van der Waals surface area contributed by atoms with Gasteiger partial charge in [0.15, 0.2) is 0 Å². The van der Waals surface area contributed by atoms with Gasteiger partial charge in [-0.3, -0.25) is 0 Å². The SMILES string of the molecule is COc1cccc(C/C=C(\C=C\CCc2ccccc2)O[Si](C(C)C)(C(C)C)C(C)C)c1. The van der Waals surface area contributed by atoms with Gasteiger partial charge >= 0.3 is 0 Å². The summed E-state index contributed by atoms with van der Waals surface area (Å²) < 4.78 is 12.4. The molecule has 0 N–H and O–H groups in total. The van der Waals surface area contributed by atoms with E-state index in [2.05, 4.69) is 102 Å². The second-order valence-electron chi connectivity index (χ2n) is 9.51. The largest absolute Gasteiger partial charge is 0.543 e. The molecule has 0 aliphatic rings. The number of aryl methyl sites for hydroxylation is 1. The lowest BCUT2D eigenvalue weighted by Gasteiger charge is -2.42. The van der Waals surface area contributed by atoms with Crippen molar-refractivity contribution in [3.05, 3.63) is 89.7 Å². The first-order valence-electron chi connectivity index (χ1n) is 12.0. The number of allylic oxidation sites excluding steroid dienone is 3. The van der Waals surface area contributed by atoms with Crippen LogP contribution in [0, 0.1) is 0 Å². The van der Waals surface area contributed by atoms with Crippen LogP contribution < -0.4 is 4.74 Å². The van der Waals surface area contributed by atoms with Gasteiger partial charge in [-0.05, 0) is 71.3 Å². The van der Waals surface area contributed by atoms with Gasteiger partial charge in [0.2, 0.25) is 0 Å². The molecule has 0 saturated heterocycles. The Morgan fingerprint density at radius 2 is 1.47 bits per heavy atom. The molecule has 174 valence electrons. The molecule has 0 saturated carbocycles. The van der Waals surface area contributed by atoms with Crippen molar-refractivity contribution in [1.82, 2.24) is 0 Å². The van der Waals surface area contributed by atoms with Crippen LogP contribution >= 0.6 is 0 Å². The van der Waals surface area contributed by atoms with Crippen molar-refractivity contribution >= 4 is 8.32 Å². The van der Waals surface area contributed by atoms with Crippen molar-refractivity contribution in [2.45, 2.75) is 77.4 Å². The Morgan fingerprint density at radius 1 is 0.844 bits per heavy atom. The quantitative estimate of drug-likeness (QED) is 0.183. The average Bonchev–Trinajstić information content (AvgIpc) is 2.78. The Balaban J connectivity index is 2.26. The minimum Gasteiger partial charge on any atom is -0.543 e. The predicted molar refractivity (Wildman–Crippen MR) is 141 cm³/mol. The van der Waals surface area contributed by atoms with Crippen molar-refractivity contribution in [1.29, 1.82) is 0 Å². The maximum absolute atomic E-state index is 7.04. The Morgan fingerprint density at radius 3 is 2.06 bits per heavy atom. The van der Waals surface area contributed by atoms with Crippen LogP contribution in [0.1, 0.15) is 59.1 Å². The van der Waals surface area contributed by atoms with Gasteiger partial charge in [0, 0.05) is 0 Å². The summed E-state index contributed by atoms with van der Waals surface area (Å²) in [5, 5.41) is 0. The summed E-state index contributed by atoms with van der Waals surface area (Å²) in [4.78, 5) is 0. The second kappa shape index (κ2) is 12.7. The molecule has 0 fully saturated rings. The molecule has 0 heterocycles. The summed E-state index contributed by atoms with van der Waals surface area (Å²) in [6, 6.07) is 19.0. The Hall–Kier alpha value is -2.26. The van der Waals surface area contributed by atoms with E-state index in [0.717, 1.165) is 30.8 Å². The molecule has 0 aromatic heterocycles. The summed E-state index contributed by atoms with van der Waals surface area (Å²) in [5.74, 6) is 1.91. The van der Waals surface area contributed by atoms with Gasteiger partial charge in [0.05, 0.1) is 12.9 Å². The predicted octanol–water partition coefficient (Wildman–Crippen LogP) is 8.50. The van der Waals surface area contributed by atoms with Crippen LogP contribution in [0.3, 0.4) is 0 Å². The van der Waals surface area contributed by atoms with Gasteiger partial charge in [-0.1, -0.05) is 90.1 Å². The number of hydrogen-bond acceptors (Lipinski definition) is 2. The zero-order valence-corrected chi connectivity index (χ0v) is 22.1. The zero-order chi connectivity index (χ0) is 23.6. The topological polar surface area (TPSA) is 18.5 Å². The van der Waals surface area contributed by atoms with Crippen molar-refractivity contribution in [2.75, 3.05) is 7.11 Å². The van der Waals surface area contributed by atoms with E-state index in [0.29, 0.717) is 16.6 Å². The lowest BCUT2D eigenvalue weighted by atomic mass is 10.1. The Kier molecular flexibility index (Phi) is 10.3. The molecule has 2 aromatic rings. The van der Waals surface area contributed by atoms with Crippen molar-refractivity contribution in [3.63, 3.8) is 0 Å². The standard InChI is InChI=1S/C29H42O2Si/c1-23(2)32(24(3)4,25(5)6)31-28(18-12-11-16-26-14-9-8-10-15-26)21-20-27-17-13-19-29(22-27)30-7/h8-10,12-15,17-19,21-25H,11,16,20H2,1-7H3/b18-12+,28-21+. The first-order chi connectivity index (χ1) is 15.3. The average molecular weight is 451 g/mol. The number of hydrogen-bond donors (Lipinski definition) is 0. The fourth-order valence-electron chi connectivity index (χ4n) is 4.81. The molecule has 3 heteroatoms. The van der Waals surface area contributed by atoms with E-state index >= 15 is 0 Å². The highest BCUT2D eigenvalue weighted by molar-refractivity contribution is 6.77. The summed E-state index contributed by atoms with van der Waals surface area (Å²) in [6.07, 6.45) is 9.60. The third kappa shape index (κ3) is 7.13. The van der Waals surface area contributed by atoms with Gasteiger partial charge in [-0.2, -0.15) is 0 Å². The third-order valence-electron chi connectivity index (χ3n) is 6.40. The Labute approximate surface area is 197 Å². The van der Waals surface area contributed by atoms with E-state index in [1.807, 2.05) is 12.1 Å². The molecule has 0 amide bonds. The van der Waals surface area contributed by atoms with Crippen LogP contribution in [0.25, 0.3) is 0 Å². The second-order valence-corrected chi connectivity index (χ2v) is 14.9. The summed E-state index contributed by atoms with van der Waals surface area (Å²) in [7, 11) is -0.300. The summed E-state index contributed by atoms with van der Waals surface area (Å²) in [5.41, 5.74) is 4.23. The zero-order valence-electron chi connectivity index (χ0n) is 21.1. The van der Waals surface area contributed by atoms with Crippen LogP contribution in [0.4, 0.5) is 0 Å². The molecular formula is C29H42O2Si. The number of methoxy groups -OCH3 is 1. The van der Waals surface area contributed by atoms with Crippen molar-refractivity contribution in [3.8, 4) is 5.75 Å². The fraction of sp³-hybridized carbons (Fsp3) is 0.448. The van der Waals surface area contributed by atoms with Gasteiger partial charge in [0.1, 0.15) is 5.75 Å². The summed E-state index contributed by atoms with van der Waals surface area (Å²) in [6.45, 7) is 14.0. The molecule has 0 aliphatic carbocycles. The van der Waals surface area contributed by atoms with Gasteiger partial charge < -0.3 is 9.16 Å². The number of benzene rings is 2. The monoisotopic (exact) mass is 450 g/mol. The number of ether oxygens (including phenoxy) is 1. The smallest absolute Gasteiger partial charge is 0.258 e. The Bertz CT molecular complexity index is 844. The fourth-order valence-corrected chi connectivity index (χ4v) is 10.1. The van der Waals surface area contributed by atoms with Crippen molar-refractivity contribution < 1.29 is 9.16 Å². The molecule has 0 atom stereocenters. The highest BCUT2D eigenvalue weighted by Gasteiger charge is 2.47. The molecule has 0 unspecified atom stereocenters. The van der Waals surface area contributed by atoms with E-state index < -0.39 is 8.32 Å². The molecular weight excluding hydrogens is 408 g/mol. The molecule has 2 aromatic carbocycles. The van der Waals surface area contributed by atoms with Crippen LogP contribution in [0.2, 0.25) is 16.6 Å². The first kappa shape index (κ1) is 26.0. The molecule has 0 radical (unpaired) electrons. The molecule has 2 rings (SSSR count). The van der Waals surface area contributed by atoms with Crippen LogP contribution in [-0.4, -0.2) is 15.4 Å². The van der Waals surface area contributed by atoms with E-state index in [9.17, 15) is 0 Å². The molecule has 2 nitrogen and oxygen atoms in total. The summed E-state index contributed by atoms with van der Waals surface area (Å²) >= 11 is 0. The van der Waals surface area contributed by atoms with Gasteiger partial charge in [0.25, 0.3) is 8.32 Å². The number of rotatable bonds is 12. The van der Waals surface area contributed by atoms with Crippen molar-refractivity contribution in [2.24, 2.45) is 0 Å². The minimum atomic E-state index is -2.01. The molecule has 0 bridgehead atoms.